The van der Waals surface area contributed by atoms with Gasteiger partial charge in [0.25, 0.3) is 0 Å². The van der Waals surface area contributed by atoms with Crippen molar-refractivity contribution in [2.75, 3.05) is 13.2 Å². The molecular weight excluding hydrogens is 235 g/mol. The lowest BCUT2D eigenvalue weighted by atomic mass is 10.0. The van der Waals surface area contributed by atoms with Crippen LogP contribution in [-0.4, -0.2) is 24.3 Å². The summed E-state index contributed by atoms with van der Waals surface area (Å²) in [6.45, 7) is 2.15. The summed E-state index contributed by atoms with van der Waals surface area (Å²) in [7, 11) is 0. The minimum absolute atomic E-state index is 0.00509. The molecule has 0 spiro atoms. The number of carbonyl (C=O) groups excluding carboxylic acids is 1. The van der Waals surface area contributed by atoms with Gasteiger partial charge in [0.05, 0.1) is 12.5 Å². The standard InChI is InChI=1S/C14H17FO3/c1-2-18-14(17)13-8-12(13)10-5-9(3-4-16)6-11(15)7-10/h5-7,12-13,16H,2-4,8H2,1H3/t12-,13+/m0/s1. The van der Waals surface area contributed by atoms with Crippen molar-refractivity contribution in [2.45, 2.75) is 25.7 Å². The molecule has 0 radical (unpaired) electrons. The Hall–Kier alpha value is -1.42. The Bertz CT molecular complexity index is 445. The molecule has 98 valence electrons. The van der Waals surface area contributed by atoms with Crippen molar-refractivity contribution in [2.24, 2.45) is 5.92 Å². The second-order valence-electron chi connectivity index (χ2n) is 4.57. The van der Waals surface area contributed by atoms with E-state index in [1.165, 1.54) is 12.1 Å². The lowest BCUT2D eigenvalue weighted by Crippen LogP contribution is -2.07. The quantitative estimate of drug-likeness (QED) is 0.816. The number of aliphatic hydroxyl groups is 1. The second-order valence-corrected chi connectivity index (χ2v) is 4.57. The van der Waals surface area contributed by atoms with Gasteiger partial charge in [-0.1, -0.05) is 6.07 Å². The van der Waals surface area contributed by atoms with E-state index in [-0.39, 0.29) is 30.2 Å². The number of ether oxygens (including phenoxy) is 1. The monoisotopic (exact) mass is 252 g/mol. The fraction of sp³-hybridized carbons (Fsp3) is 0.500. The van der Waals surface area contributed by atoms with Crippen LogP contribution in [-0.2, 0) is 16.0 Å². The van der Waals surface area contributed by atoms with Gasteiger partial charge in [0, 0.05) is 6.61 Å². The van der Waals surface area contributed by atoms with Crippen LogP contribution in [0.25, 0.3) is 0 Å². The van der Waals surface area contributed by atoms with Crippen molar-refractivity contribution < 1.29 is 19.0 Å². The Morgan fingerprint density at radius 2 is 2.28 bits per heavy atom. The third-order valence-electron chi connectivity index (χ3n) is 3.19. The molecule has 4 heteroatoms. The molecular formula is C14H17FO3. The van der Waals surface area contributed by atoms with Gasteiger partial charge in [0.1, 0.15) is 5.82 Å². The number of benzene rings is 1. The van der Waals surface area contributed by atoms with Gasteiger partial charge in [-0.2, -0.15) is 0 Å². The van der Waals surface area contributed by atoms with E-state index in [9.17, 15) is 9.18 Å². The lowest BCUT2D eigenvalue weighted by Gasteiger charge is -2.05. The molecule has 18 heavy (non-hydrogen) atoms. The summed E-state index contributed by atoms with van der Waals surface area (Å²) >= 11 is 0. The van der Waals surface area contributed by atoms with Gasteiger partial charge in [-0.05, 0) is 48.9 Å². The highest BCUT2D eigenvalue weighted by Crippen LogP contribution is 2.48. The molecule has 1 N–H and O–H groups in total. The van der Waals surface area contributed by atoms with Crippen LogP contribution >= 0.6 is 0 Å². The number of halogens is 1. The third-order valence-corrected chi connectivity index (χ3v) is 3.19. The number of hydrogen-bond acceptors (Lipinski definition) is 3. The zero-order chi connectivity index (χ0) is 13.1. The highest BCUT2D eigenvalue weighted by Gasteiger charge is 2.45. The van der Waals surface area contributed by atoms with E-state index in [4.69, 9.17) is 9.84 Å². The summed E-state index contributed by atoms with van der Waals surface area (Å²) < 4.78 is 18.4. The van der Waals surface area contributed by atoms with E-state index in [1.54, 1.807) is 6.92 Å². The van der Waals surface area contributed by atoms with Crippen molar-refractivity contribution in [1.82, 2.24) is 0 Å². The molecule has 0 amide bonds. The summed E-state index contributed by atoms with van der Waals surface area (Å²) in [5, 5.41) is 8.87. The van der Waals surface area contributed by atoms with Crippen molar-refractivity contribution in [3.8, 4) is 0 Å². The number of hydrogen-bond donors (Lipinski definition) is 1. The van der Waals surface area contributed by atoms with Gasteiger partial charge in [0.15, 0.2) is 0 Å². The molecule has 0 heterocycles. The minimum Gasteiger partial charge on any atom is -0.466 e. The first-order chi connectivity index (χ1) is 8.65. The second kappa shape index (κ2) is 5.48. The van der Waals surface area contributed by atoms with E-state index < -0.39 is 0 Å². The number of esters is 1. The molecule has 1 fully saturated rings. The topological polar surface area (TPSA) is 46.5 Å². The van der Waals surface area contributed by atoms with Crippen LogP contribution in [0.1, 0.15) is 30.4 Å². The number of rotatable bonds is 5. The van der Waals surface area contributed by atoms with E-state index in [2.05, 4.69) is 0 Å². The molecule has 1 aliphatic rings. The Morgan fingerprint density at radius 3 is 2.94 bits per heavy atom. The SMILES string of the molecule is CCOC(=O)[C@@H]1C[C@H]1c1cc(F)cc(CCO)c1. The van der Waals surface area contributed by atoms with Crippen molar-refractivity contribution >= 4 is 5.97 Å². The molecule has 0 aromatic heterocycles. The average molecular weight is 252 g/mol. The zero-order valence-corrected chi connectivity index (χ0v) is 10.4. The molecule has 0 aliphatic heterocycles. The molecule has 3 nitrogen and oxygen atoms in total. The van der Waals surface area contributed by atoms with Crippen LogP contribution < -0.4 is 0 Å². The summed E-state index contributed by atoms with van der Waals surface area (Å²) in [6, 6.07) is 4.75. The van der Waals surface area contributed by atoms with Crippen LogP contribution in [0.15, 0.2) is 18.2 Å². The number of aliphatic hydroxyl groups excluding tert-OH is 1. The zero-order valence-electron chi connectivity index (χ0n) is 10.4. The first-order valence-corrected chi connectivity index (χ1v) is 6.22. The molecule has 0 bridgehead atoms. The average Bonchev–Trinajstić information content (AvgIpc) is 3.09. The van der Waals surface area contributed by atoms with Gasteiger partial charge >= 0.3 is 5.97 Å². The molecule has 1 aliphatic carbocycles. The fourth-order valence-electron chi connectivity index (χ4n) is 2.24. The van der Waals surface area contributed by atoms with Crippen LogP contribution in [0.3, 0.4) is 0 Å². The van der Waals surface area contributed by atoms with E-state index in [0.717, 1.165) is 17.5 Å². The predicted molar refractivity (Wildman–Crippen MR) is 64.7 cm³/mol. The molecule has 1 saturated carbocycles. The van der Waals surface area contributed by atoms with Crippen LogP contribution in [0.4, 0.5) is 4.39 Å². The Kier molecular flexibility index (Phi) is 3.97. The largest absolute Gasteiger partial charge is 0.466 e. The first-order valence-electron chi connectivity index (χ1n) is 6.22. The lowest BCUT2D eigenvalue weighted by molar-refractivity contribution is -0.144. The molecule has 1 aromatic rings. The molecule has 0 unspecified atom stereocenters. The third kappa shape index (κ3) is 2.88. The van der Waals surface area contributed by atoms with E-state index in [1.807, 2.05) is 6.07 Å². The fourth-order valence-corrected chi connectivity index (χ4v) is 2.24. The first kappa shape index (κ1) is 13.0. The van der Waals surface area contributed by atoms with Crippen LogP contribution in [0.2, 0.25) is 0 Å². The predicted octanol–water partition coefficient (Wildman–Crippen LogP) is 2.03. The molecule has 1 aromatic carbocycles. The summed E-state index contributed by atoms with van der Waals surface area (Å²) in [4.78, 5) is 11.5. The highest BCUT2D eigenvalue weighted by atomic mass is 19.1. The summed E-state index contributed by atoms with van der Waals surface area (Å²) in [5.74, 6) is -0.577. The van der Waals surface area contributed by atoms with Gasteiger partial charge < -0.3 is 9.84 Å². The minimum atomic E-state index is -0.314. The van der Waals surface area contributed by atoms with Crippen molar-refractivity contribution in [3.05, 3.63) is 35.1 Å². The Balaban J connectivity index is 2.08. The normalized spacial score (nSPS) is 21.7. The molecule has 2 atom stereocenters. The maximum Gasteiger partial charge on any atom is 0.309 e. The molecule has 2 rings (SSSR count). The van der Waals surface area contributed by atoms with Gasteiger partial charge in [-0.3, -0.25) is 4.79 Å². The maximum absolute atomic E-state index is 13.4. The number of carbonyl (C=O) groups is 1. The van der Waals surface area contributed by atoms with Crippen LogP contribution in [0.5, 0.6) is 0 Å². The van der Waals surface area contributed by atoms with E-state index in [0.29, 0.717) is 13.0 Å². The van der Waals surface area contributed by atoms with Crippen molar-refractivity contribution in [1.29, 1.82) is 0 Å². The molecule has 0 saturated heterocycles. The highest BCUT2D eigenvalue weighted by molar-refractivity contribution is 5.77. The van der Waals surface area contributed by atoms with Crippen LogP contribution in [0, 0.1) is 11.7 Å². The Labute approximate surface area is 106 Å². The van der Waals surface area contributed by atoms with Gasteiger partial charge in [-0.15, -0.1) is 0 Å². The smallest absolute Gasteiger partial charge is 0.309 e. The van der Waals surface area contributed by atoms with E-state index >= 15 is 0 Å². The summed E-state index contributed by atoms with van der Waals surface area (Å²) in [6.07, 6.45) is 1.16. The van der Waals surface area contributed by atoms with Gasteiger partial charge in [-0.25, -0.2) is 4.39 Å². The van der Waals surface area contributed by atoms with Crippen molar-refractivity contribution in [3.63, 3.8) is 0 Å². The Morgan fingerprint density at radius 1 is 1.50 bits per heavy atom. The maximum atomic E-state index is 13.4. The van der Waals surface area contributed by atoms with Gasteiger partial charge in [0.2, 0.25) is 0 Å². The summed E-state index contributed by atoms with van der Waals surface area (Å²) in [5.41, 5.74) is 1.60.